The normalized spacial score (nSPS) is 15.1. The maximum absolute atomic E-state index is 13.4. The molecule has 2 aromatic carbocycles. The number of benzene rings is 2. The van der Waals surface area contributed by atoms with Gasteiger partial charge in [0.2, 0.25) is 11.8 Å². The highest BCUT2D eigenvalue weighted by molar-refractivity contribution is 7.90. The topological polar surface area (TPSA) is 113 Å². The Kier molecular flexibility index (Phi) is 7.61. The molecule has 0 saturated carbocycles. The molecule has 9 nitrogen and oxygen atoms in total. The summed E-state index contributed by atoms with van der Waals surface area (Å²) in [5.74, 6) is -1.01. The van der Waals surface area contributed by atoms with Crippen LogP contribution in [0.5, 0.6) is 5.75 Å². The van der Waals surface area contributed by atoms with Crippen LogP contribution in [0.1, 0.15) is 36.7 Å². The van der Waals surface area contributed by atoms with Gasteiger partial charge in [0.25, 0.3) is 15.9 Å². The lowest BCUT2D eigenvalue weighted by atomic mass is 10.1. The van der Waals surface area contributed by atoms with Gasteiger partial charge in [-0.3, -0.25) is 14.4 Å². The Bertz CT molecular complexity index is 1190. The quantitative estimate of drug-likeness (QED) is 0.579. The molecule has 182 valence electrons. The molecular formula is C24H29N3O6S. The predicted molar refractivity (Wildman–Crippen MR) is 126 cm³/mol. The Hall–Kier alpha value is -3.40. The highest BCUT2D eigenvalue weighted by Crippen LogP contribution is 2.30. The summed E-state index contributed by atoms with van der Waals surface area (Å²) in [7, 11) is -2.64. The number of nitrogens with zero attached hydrogens (tertiary/aromatic N) is 2. The van der Waals surface area contributed by atoms with E-state index in [-0.39, 0.29) is 28.8 Å². The molecular weight excluding hydrogens is 458 g/mol. The molecule has 1 unspecified atom stereocenters. The fourth-order valence-corrected chi connectivity index (χ4v) is 5.12. The van der Waals surface area contributed by atoms with Crippen molar-refractivity contribution in [2.75, 3.05) is 20.2 Å². The molecule has 34 heavy (non-hydrogen) atoms. The third-order valence-electron chi connectivity index (χ3n) is 5.53. The van der Waals surface area contributed by atoms with Crippen molar-refractivity contribution in [2.24, 2.45) is 5.92 Å². The summed E-state index contributed by atoms with van der Waals surface area (Å²) in [6.45, 7) is 5.22. The number of hydrogen-bond donors (Lipinski definition) is 1. The Morgan fingerprint density at radius 1 is 1.09 bits per heavy atom. The Labute approximate surface area is 199 Å². The predicted octanol–water partition coefficient (Wildman–Crippen LogP) is 2.03. The van der Waals surface area contributed by atoms with Crippen LogP contribution in [0.2, 0.25) is 0 Å². The van der Waals surface area contributed by atoms with Crippen molar-refractivity contribution in [2.45, 2.75) is 38.3 Å². The molecule has 2 aromatic rings. The van der Waals surface area contributed by atoms with Crippen LogP contribution >= 0.6 is 0 Å². The summed E-state index contributed by atoms with van der Waals surface area (Å²) in [6.07, 6.45) is 0. The average molecular weight is 488 g/mol. The van der Waals surface area contributed by atoms with Crippen molar-refractivity contribution in [1.29, 1.82) is 0 Å². The van der Waals surface area contributed by atoms with Crippen LogP contribution < -0.4 is 10.1 Å². The van der Waals surface area contributed by atoms with E-state index in [0.29, 0.717) is 22.2 Å². The summed E-state index contributed by atoms with van der Waals surface area (Å²) in [4.78, 5) is 40.1. The number of sulfonamides is 1. The first-order valence-electron chi connectivity index (χ1n) is 10.9. The fourth-order valence-electron chi connectivity index (χ4n) is 3.60. The molecule has 0 bridgehead atoms. The lowest BCUT2D eigenvalue weighted by molar-refractivity contribution is -0.140. The first kappa shape index (κ1) is 25.2. The molecule has 0 fully saturated rings. The lowest BCUT2D eigenvalue weighted by Crippen LogP contribution is -2.51. The first-order chi connectivity index (χ1) is 16.1. The molecule has 1 N–H and O–H groups in total. The first-order valence-corrected chi connectivity index (χ1v) is 12.4. The minimum atomic E-state index is -4.16. The van der Waals surface area contributed by atoms with Crippen LogP contribution in [0, 0.1) is 5.92 Å². The van der Waals surface area contributed by atoms with Gasteiger partial charge in [0.05, 0.1) is 12.7 Å². The van der Waals surface area contributed by atoms with E-state index < -0.39 is 34.4 Å². The smallest absolute Gasteiger partial charge is 0.269 e. The van der Waals surface area contributed by atoms with E-state index >= 15 is 0 Å². The van der Waals surface area contributed by atoms with E-state index in [1.165, 1.54) is 30.2 Å². The molecule has 3 amide bonds. The third-order valence-corrected chi connectivity index (χ3v) is 7.32. The number of methoxy groups -OCH3 is 1. The maximum Gasteiger partial charge on any atom is 0.269 e. The standard InChI is InChI=1S/C24H29N3O6S/c1-16(2)13-25-23(29)17(3)26(14-18-8-7-9-19(12-18)33-4)22(28)15-27-24(30)20-10-5-6-11-21(20)34(27,31)32/h5-12,16-17H,13-15H2,1-4H3,(H,25,29). The highest BCUT2D eigenvalue weighted by atomic mass is 32.2. The van der Waals surface area contributed by atoms with Crippen molar-refractivity contribution in [3.05, 3.63) is 59.7 Å². The zero-order valence-corrected chi connectivity index (χ0v) is 20.5. The van der Waals surface area contributed by atoms with E-state index in [0.717, 1.165) is 0 Å². The van der Waals surface area contributed by atoms with Crippen molar-refractivity contribution in [1.82, 2.24) is 14.5 Å². The summed E-state index contributed by atoms with van der Waals surface area (Å²) >= 11 is 0. The van der Waals surface area contributed by atoms with Gasteiger partial charge in [0.15, 0.2) is 0 Å². The number of nitrogens with one attached hydrogen (secondary N) is 1. The number of amides is 3. The minimum absolute atomic E-state index is 0.0253. The van der Waals surface area contributed by atoms with E-state index in [4.69, 9.17) is 4.74 Å². The molecule has 0 radical (unpaired) electrons. The van der Waals surface area contributed by atoms with Crippen molar-refractivity contribution < 1.29 is 27.5 Å². The molecule has 0 aromatic heterocycles. The zero-order chi connectivity index (χ0) is 25.0. The molecule has 0 saturated heterocycles. The molecule has 1 aliphatic heterocycles. The monoisotopic (exact) mass is 487 g/mol. The van der Waals surface area contributed by atoms with Gasteiger partial charge < -0.3 is 15.0 Å². The van der Waals surface area contributed by atoms with Gasteiger partial charge in [-0.05, 0) is 42.7 Å². The van der Waals surface area contributed by atoms with Gasteiger partial charge in [0.1, 0.15) is 23.2 Å². The number of carbonyl (C=O) groups excluding carboxylic acids is 3. The molecule has 10 heteroatoms. The third kappa shape index (κ3) is 5.22. The number of rotatable bonds is 9. The zero-order valence-electron chi connectivity index (χ0n) is 19.6. The second kappa shape index (κ2) is 10.3. The molecule has 0 aliphatic carbocycles. The Morgan fingerprint density at radius 2 is 1.79 bits per heavy atom. The number of carbonyl (C=O) groups is 3. The average Bonchev–Trinajstić information content (AvgIpc) is 3.01. The van der Waals surface area contributed by atoms with E-state index in [2.05, 4.69) is 5.32 Å². The molecule has 0 spiro atoms. The molecule has 1 aliphatic rings. The fraction of sp³-hybridized carbons (Fsp3) is 0.375. The van der Waals surface area contributed by atoms with Gasteiger partial charge in [-0.1, -0.05) is 38.1 Å². The highest BCUT2D eigenvalue weighted by Gasteiger charge is 2.43. The van der Waals surface area contributed by atoms with Crippen molar-refractivity contribution in [3.8, 4) is 5.75 Å². The van der Waals surface area contributed by atoms with Crippen LogP contribution in [0.3, 0.4) is 0 Å². The van der Waals surface area contributed by atoms with Crippen LogP contribution in [-0.2, 0) is 26.2 Å². The minimum Gasteiger partial charge on any atom is -0.497 e. The van der Waals surface area contributed by atoms with E-state index in [1.54, 1.807) is 37.3 Å². The Balaban J connectivity index is 1.88. The Morgan fingerprint density at radius 3 is 2.44 bits per heavy atom. The summed E-state index contributed by atoms with van der Waals surface area (Å²) < 4.78 is 31.6. The summed E-state index contributed by atoms with van der Waals surface area (Å²) in [5.41, 5.74) is 0.715. The van der Waals surface area contributed by atoms with E-state index in [1.807, 2.05) is 13.8 Å². The second-order valence-electron chi connectivity index (χ2n) is 8.50. The largest absolute Gasteiger partial charge is 0.497 e. The van der Waals surface area contributed by atoms with Gasteiger partial charge >= 0.3 is 0 Å². The SMILES string of the molecule is COc1cccc(CN(C(=O)CN2C(=O)c3ccccc3S2(=O)=O)C(C)C(=O)NCC(C)C)c1. The maximum atomic E-state index is 13.4. The van der Waals surface area contributed by atoms with Gasteiger partial charge in [-0.15, -0.1) is 0 Å². The van der Waals surface area contributed by atoms with Crippen LogP contribution in [0.4, 0.5) is 0 Å². The molecule has 3 rings (SSSR count). The van der Waals surface area contributed by atoms with Gasteiger partial charge in [-0.25, -0.2) is 12.7 Å². The number of hydrogen-bond acceptors (Lipinski definition) is 6. The lowest BCUT2D eigenvalue weighted by Gasteiger charge is -2.30. The summed E-state index contributed by atoms with van der Waals surface area (Å²) in [6, 6.07) is 11.9. The number of ether oxygens (including phenoxy) is 1. The van der Waals surface area contributed by atoms with Crippen molar-refractivity contribution in [3.63, 3.8) is 0 Å². The van der Waals surface area contributed by atoms with Crippen LogP contribution in [-0.4, -0.2) is 61.6 Å². The van der Waals surface area contributed by atoms with Crippen molar-refractivity contribution >= 4 is 27.7 Å². The van der Waals surface area contributed by atoms with E-state index in [9.17, 15) is 22.8 Å². The second-order valence-corrected chi connectivity index (χ2v) is 10.3. The summed E-state index contributed by atoms with van der Waals surface area (Å²) in [5, 5.41) is 2.80. The van der Waals surface area contributed by atoms with Crippen LogP contribution in [0.15, 0.2) is 53.4 Å². The van der Waals surface area contributed by atoms with Gasteiger partial charge in [-0.2, -0.15) is 0 Å². The van der Waals surface area contributed by atoms with Gasteiger partial charge in [0, 0.05) is 13.1 Å². The molecule has 1 atom stereocenters. The number of fused-ring (bicyclic) bond motifs is 1. The van der Waals surface area contributed by atoms with Crippen LogP contribution in [0.25, 0.3) is 0 Å². The molecule has 1 heterocycles.